The van der Waals surface area contributed by atoms with Crippen LogP contribution in [0.1, 0.15) is 24.8 Å². The number of nitrogen functional groups attached to an aromatic ring is 1. The van der Waals surface area contributed by atoms with Gasteiger partial charge in [0, 0.05) is 11.7 Å². The van der Waals surface area contributed by atoms with Gasteiger partial charge in [0.25, 0.3) is 0 Å². The molecule has 3 aliphatic carbocycles. The second-order valence-corrected chi connectivity index (χ2v) is 6.50. The number of carbonyl (C=O) groups excluding carboxylic acids is 1. The van der Waals surface area contributed by atoms with E-state index in [1.807, 2.05) is 24.3 Å². The number of benzene rings is 1. The molecule has 3 saturated carbocycles. The number of nitrogens with one attached hydrogen (secondary N) is 1. The Hall–Kier alpha value is -1.51. The maximum atomic E-state index is 12.1. The van der Waals surface area contributed by atoms with Gasteiger partial charge >= 0.3 is 0 Å². The lowest BCUT2D eigenvalue weighted by molar-refractivity contribution is -0.120. The van der Waals surface area contributed by atoms with Gasteiger partial charge in [-0.25, -0.2) is 0 Å². The first-order valence-corrected chi connectivity index (χ1v) is 7.36. The van der Waals surface area contributed by atoms with Crippen molar-refractivity contribution in [2.75, 3.05) is 5.73 Å². The molecule has 0 heterocycles. The quantitative estimate of drug-likeness (QED) is 0.812. The summed E-state index contributed by atoms with van der Waals surface area (Å²) in [6.07, 6.45) is 4.71. The maximum Gasteiger partial charge on any atom is 0.224 e. The third-order valence-corrected chi connectivity index (χ3v) is 5.41. The Morgan fingerprint density at radius 2 is 1.79 bits per heavy atom. The van der Waals surface area contributed by atoms with Crippen molar-refractivity contribution >= 4 is 11.6 Å². The number of amides is 1. The molecule has 1 amide bonds. The van der Waals surface area contributed by atoms with Gasteiger partial charge in [0.1, 0.15) is 0 Å². The minimum Gasteiger partial charge on any atom is -0.399 e. The van der Waals surface area contributed by atoms with Gasteiger partial charge in [-0.3, -0.25) is 4.79 Å². The van der Waals surface area contributed by atoms with Crippen LogP contribution in [-0.2, 0) is 11.2 Å². The zero-order chi connectivity index (χ0) is 13.0. The van der Waals surface area contributed by atoms with Gasteiger partial charge in [-0.1, -0.05) is 12.1 Å². The SMILES string of the molecule is Nc1ccc(CC(=O)NC2C3C4CCC(C4)C23)cc1. The Morgan fingerprint density at radius 3 is 2.42 bits per heavy atom. The van der Waals surface area contributed by atoms with E-state index in [1.54, 1.807) is 0 Å². The molecule has 0 aliphatic heterocycles. The highest BCUT2D eigenvalue weighted by Crippen LogP contribution is 2.65. The van der Waals surface area contributed by atoms with Crippen molar-refractivity contribution < 1.29 is 4.79 Å². The largest absolute Gasteiger partial charge is 0.399 e. The van der Waals surface area contributed by atoms with E-state index >= 15 is 0 Å². The van der Waals surface area contributed by atoms with E-state index in [1.165, 1.54) is 19.3 Å². The Bertz CT molecular complexity index is 494. The Morgan fingerprint density at radius 1 is 1.16 bits per heavy atom. The Labute approximate surface area is 113 Å². The standard InChI is InChI=1S/C16H20N2O/c17-12-5-1-9(2-6-12)7-13(19)18-16-14-10-3-4-11(8-10)15(14)16/h1-2,5-6,10-11,14-16H,3-4,7-8,17H2,(H,18,19). The molecular weight excluding hydrogens is 236 g/mol. The van der Waals surface area contributed by atoms with E-state index in [-0.39, 0.29) is 5.91 Å². The third kappa shape index (κ3) is 1.83. The smallest absolute Gasteiger partial charge is 0.224 e. The summed E-state index contributed by atoms with van der Waals surface area (Å²) in [5.74, 6) is 3.63. The lowest BCUT2D eigenvalue weighted by atomic mass is 10.0. The third-order valence-electron chi connectivity index (χ3n) is 5.41. The minimum atomic E-state index is 0.170. The van der Waals surface area contributed by atoms with Crippen molar-refractivity contribution in [2.24, 2.45) is 23.7 Å². The van der Waals surface area contributed by atoms with Crippen molar-refractivity contribution in [3.63, 3.8) is 0 Å². The first kappa shape index (κ1) is 11.3. The van der Waals surface area contributed by atoms with Gasteiger partial charge in [0.05, 0.1) is 6.42 Å². The summed E-state index contributed by atoms with van der Waals surface area (Å²) in [6.45, 7) is 0. The maximum absolute atomic E-state index is 12.1. The molecule has 0 saturated heterocycles. The summed E-state index contributed by atoms with van der Waals surface area (Å²) in [7, 11) is 0. The number of rotatable bonds is 3. The van der Waals surface area contributed by atoms with Crippen molar-refractivity contribution in [1.29, 1.82) is 0 Å². The molecule has 19 heavy (non-hydrogen) atoms. The highest BCUT2D eigenvalue weighted by atomic mass is 16.1. The average Bonchev–Trinajstić information content (AvgIpc) is 2.81. The summed E-state index contributed by atoms with van der Waals surface area (Å²) in [6, 6.07) is 8.08. The Kier molecular flexibility index (Phi) is 2.38. The van der Waals surface area contributed by atoms with Crippen molar-refractivity contribution in [1.82, 2.24) is 5.32 Å². The topological polar surface area (TPSA) is 55.1 Å². The zero-order valence-electron chi connectivity index (χ0n) is 11.0. The number of nitrogens with two attached hydrogens (primary N) is 1. The average molecular weight is 256 g/mol. The molecular formula is C16H20N2O. The minimum absolute atomic E-state index is 0.170. The van der Waals surface area contributed by atoms with Crippen molar-refractivity contribution in [3.05, 3.63) is 29.8 Å². The molecule has 4 atom stereocenters. The molecule has 2 bridgehead atoms. The molecule has 3 aliphatic rings. The van der Waals surface area contributed by atoms with Crippen LogP contribution >= 0.6 is 0 Å². The molecule has 1 aromatic carbocycles. The zero-order valence-corrected chi connectivity index (χ0v) is 11.0. The lowest BCUT2D eigenvalue weighted by Gasteiger charge is -2.10. The van der Waals surface area contributed by atoms with E-state index in [4.69, 9.17) is 5.73 Å². The van der Waals surface area contributed by atoms with Gasteiger partial charge in [0.2, 0.25) is 5.91 Å². The number of hydrogen-bond acceptors (Lipinski definition) is 2. The van der Waals surface area contributed by atoms with Crippen LogP contribution in [0.15, 0.2) is 24.3 Å². The van der Waals surface area contributed by atoms with Crippen LogP contribution in [0.5, 0.6) is 0 Å². The monoisotopic (exact) mass is 256 g/mol. The van der Waals surface area contributed by atoms with Crippen LogP contribution in [0.2, 0.25) is 0 Å². The summed E-state index contributed by atoms with van der Waals surface area (Å²) in [4.78, 5) is 12.1. The molecule has 1 aromatic rings. The molecule has 3 fully saturated rings. The number of hydrogen-bond donors (Lipinski definition) is 2. The molecule has 4 unspecified atom stereocenters. The van der Waals surface area contributed by atoms with Crippen LogP contribution in [-0.4, -0.2) is 11.9 Å². The molecule has 0 radical (unpaired) electrons. The van der Waals surface area contributed by atoms with Crippen LogP contribution in [0.4, 0.5) is 5.69 Å². The molecule has 0 aromatic heterocycles. The lowest BCUT2D eigenvalue weighted by Crippen LogP contribution is -2.31. The van der Waals surface area contributed by atoms with Crippen LogP contribution in [0.3, 0.4) is 0 Å². The molecule has 3 N–H and O–H groups in total. The molecule has 3 nitrogen and oxygen atoms in total. The second-order valence-electron chi connectivity index (χ2n) is 6.50. The first-order valence-electron chi connectivity index (χ1n) is 7.36. The van der Waals surface area contributed by atoms with Gasteiger partial charge in [-0.2, -0.15) is 0 Å². The number of carbonyl (C=O) groups is 1. The fourth-order valence-corrected chi connectivity index (χ4v) is 4.58. The Balaban J connectivity index is 1.35. The van der Waals surface area contributed by atoms with Crippen LogP contribution < -0.4 is 11.1 Å². The van der Waals surface area contributed by atoms with E-state index in [9.17, 15) is 4.79 Å². The van der Waals surface area contributed by atoms with E-state index in [0.717, 1.165) is 34.9 Å². The fraction of sp³-hybridized carbons (Fsp3) is 0.562. The second kappa shape index (κ2) is 3.99. The summed E-state index contributed by atoms with van der Waals surface area (Å²) in [5.41, 5.74) is 7.44. The van der Waals surface area contributed by atoms with Gasteiger partial charge < -0.3 is 11.1 Å². The van der Waals surface area contributed by atoms with E-state index in [2.05, 4.69) is 5.32 Å². The van der Waals surface area contributed by atoms with Crippen molar-refractivity contribution in [2.45, 2.75) is 31.7 Å². The van der Waals surface area contributed by atoms with Crippen molar-refractivity contribution in [3.8, 4) is 0 Å². The first-order chi connectivity index (χ1) is 9.22. The number of anilines is 1. The van der Waals surface area contributed by atoms with E-state index < -0.39 is 0 Å². The van der Waals surface area contributed by atoms with Gasteiger partial charge in [-0.15, -0.1) is 0 Å². The van der Waals surface area contributed by atoms with Gasteiger partial charge in [-0.05, 0) is 60.6 Å². The van der Waals surface area contributed by atoms with E-state index in [0.29, 0.717) is 12.5 Å². The predicted octanol–water partition coefficient (Wildman–Crippen LogP) is 1.97. The molecule has 3 heteroatoms. The fourth-order valence-electron chi connectivity index (χ4n) is 4.58. The highest BCUT2D eigenvalue weighted by Gasteiger charge is 2.65. The highest BCUT2D eigenvalue weighted by molar-refractivity contribution is 5.79. The van der Waals surface area contributed by atoms with Crippen LogP contribution in [0, 0.1) is 23.7 Å². The summed E-state index contributed by atoms with van der Waals surface area (Å²) < 4.78 is 0. The summed E-state index contributed by atoms with van der Waals surface area (Å²) in [5, 5.41) is 3.25. The predicted molar refractivity (Wildman–Crippen MR) is 74.3 cm³/mol. The normalized spacial score (nSPS) is 38.0. The summed E-state index contributed by atoms with van der Waals surface area (Å²) >= 11 is 0. The molecule has 4 rings (SSSR count). The number of fused-ring (bicyclic) bond motifs is 5. The van der Waals surface area contributed by atoms with Crippen LogP contribution in [0.25, 0.3) is 0 Å². The van der Waals surface area contributed by atoms with Gasteiger partial charge in [0.15, 0.2) is 0 Å². The molecule has 0 spiro atoms. The molecule has 100 valence electrons.